The highest BCUT2D eigenvalue weighted by Gasteiger charge is 2.35. The highest BCUT2D eigenvalue weighted by Crippen LogP contribution is 2.33. The standard InChI is InChI=1S/C18H33N5O/c1-18(2,3)16-15(7-6-10-24-16)12-21-17(19-4)20-9-8-14-11-22-23(5)13-14/h11,13,15-16H,6-10,12H2,1-5H3,(H2,19,20,21). The molecule has 1 aliphatic heterocycles. The van der Waals surface area contributed by atoms with Gasteiger partial charge in [-0.25, -0.2) is 0 Å². The number of aliphatic imine (C=N–C) groups is 1. The number of nitrogens with zero attached hydrogens (tertiary/aromatic N) is 3. The van der Waals surface area contributed by atoms with Gasteiger partial charge in [-0.1, -0.05) is 20.8 Å². The largest absolute Gasteiger partial charge is 0.377 e. The first-order valence-electron chi connectivity index (χ1n) is 8.94. The maximum Gasteiger partial charge on any atom is 0.190 e. The molecule has 2 rings (SSSR count). The Morgan fingerprint density at radius 1 is 1.42 bits per heavy atom. The number of aromatic nitrogens is 2. The molecule has 0 aromatic carbocycles. The number of rotatable bonds is 5. The molecule has 1 aliphatic rings. The lowest BCUT2D eigenvalue weighted by Gasteiger charge is -2.40. The van der Waals surface area contributed by atoms with Gasteiger partial charge < -0.3 is 15.4 Å². The molecule has 24 heavy (non-hydrogen) atoms. The minimum absolute atomic E-state index is 0.171. The Kier molecular flexibility index (Phi) is 6.66. The molecule has 0 spiro atoms. The van der Waals surface area contributed by atoms with Crippen molar-refractivity contribution in [3.05, 3.63) is 18.0 Å². The van der Waals surface area contributed by atoms with Crippen molar-refractivity contribution in [2.24, 2.45) is 23.4 Å². The van der Waals surface area contributed by atoms with Crippen molar-refractivity contribution in [3.63, 3.8) is 0 Å². The minimum atomic E-state index is 0.171. The van der Waals surface area contributed by atoms with Crippen LogP contribution in [0.5, 0.6) is 0 Å². The SMILES string of the molecule is CN=C(NCCc1cnn(C)c1)NCC1CCCOC1C(C)(C)C. The van der Waals surface area contributed by atoms with Crippen LogP contribution in [-0.4, -0.2) is 48.6 Å². The molecule has 1 aromatic heterocycles. The Morgan fingerprint density at radius 2 is 2.21 bits per heavy atom. The van der Waals surface area contributed by atoms with E-state index >= 15 is 0 Å². The van der Waals surface area contributed by atoms with Crippen molar-refractivity contribution in [1.82, 2.24) is 20.4 Å². The van der Waals surface area contributed by atoms with Crippen LogP contribution in [0.25, 0.3) is 0 Å². The lowest BCUT2D eigenvalue weighted by Crippen LogP contribution is -2.47. The molecular formula is C18H33N5O. The van der Waals surface area contributed by atoms with Gasteiger partial charge in [0.25, 0.3) is 0 Å². The summed E-state index contributed by atoms with van der Waals surface area (Å²) in [5, 5.41) is 11.0. The second-order valence-electron chi connectivity index (χ2n) is 7.71. The lowest BCUT2D eigenvalue weighted by molar-refractivity contribution is -0.0835. The van der Waals surface area contributed by atoms with Gasteiger partial charge in [-0.2, -0.15) is 5.10 Å². The van der Waals surface area contributed by atoms with E-state index in [9.17, 15) is 0 Å². The molecule has 1 saturated heterocycles. The van der Waals surface area contributed by atoms with Crippen molar-refractivity contribution >= 4 is 5.96 Å². The average molecular weight is 335 g/mol. The van der Waals surface area contributed by atoms with Crippen LogP contribution in [0.2, 0.25) is 0 Å². The Labute approximate surface area is 146 Å². The van der Waals surface area contributed by atoms with Gasteiger partial charge in [0.1, 0.15) is 0 Å². The quantitative estimate of drug-likeness (QED) is 0.638. The topological polar surface area (TPSA) is 63.5 Å². The van der Waals surface area contributed by atoms with Crippen LogP contribution in [0.4, 0.5) is 0 Å². The zero-order chi connectivity index (χ0) is 17.6. The Balaban J connectivity index is 1.77. The van der Waals surface area contributed by atoms with Crippen molar-refractivity contribution in [1.29, 1.82) is 0 Å². The average Bonchev–Trinajstić information content (AvgIpc) is 2.95. The van der Waals surface area contributed by atoms with Gasteiger partial charge in [-0.05, 0) is 30.2 Å². The number of hydrogen-bond donors (Lipinski definition) is 2. The molecule has 0 bridgehead atoms. The first-order chi connectivity index (χ1) is 11.4. The van der Waals surface area contributed by atoms with Gasteiger partial charge >= 0.3 is 0 Å². The lowest BCUT2D eigenvalue weighted by atomic mass is 9.78. The van der Waals surface area contributed by atoms with Crippen LogP contribution in [0, 0.1) is 11.3 Å². The van der Waals surface area contributed by atoms with Crippen molar-refractivity contribution < 1.29 is 4.74 Å². The third kappa shape index (κ3) is 5.51. The van der Waals surface area contributed by atoms with Gasteiger partial charge in [0.05, 0.1) is 12.3 Å². The zero-order valence-corrected chi connectivity index (χ0v) is 15.8. The fourth-order valence-corrected chi connectivity index (χ4v) is 3.38. The van der Waals surface area contributed by atoms with Crippen molar-refractivity contribution in [3.8, 4) is 0 Å². The highest BCUT2D eigenvalue weighted by molar-refractivity contribution is 5.79. The van der Waals surface area contributed by atoms with Gasteiger partial charge in [0.15, 0.2) is 5.96 Å². The molecule has 6 nitrogen and oxygen atoms in total. The van der Waals surface area contributed by atoms with E-state index in [0.29, 0.717) is 12.0 Å². The van der Waals surface area contributed by atoms with Crippen molar-refractivity contribution in [2.75, 3.05) is 26.7 Å². The molecule has 2 heterocycles. The summed E-state index contributed by atoms with van der Waals surface area (Å²) in [4.78, 5) is 4.33. The third-order valence-electron chi connectivity index (χ3n) is 4.52. The van der Waals surface area contributed by atoms with E-state index < -0.39 is 0 Å². The van der Waals surface area contributed by atoms with E-state index in [2.05, 4.69) is 41.5 Å². The summed E-state index contributed by atoms with van der Waals surface area (Å²) in [7, 11) is 3.76. The van der Waals surface area contributed by atoms with Crippen LogP contribution >= 0.6 is 0 Å². The number of hydrogen-bond acceptors (Lipinski definition) is 3. The summed E-state index contributed by atoms with van der Waals surface area (Å²) in [6.45, 7) is 9.41. The molecule has 1 aromatic rings. The molecule has 6 heteroatoms. The maximum atomic E-state index is 6.05. The summed E-state index contributed by atoms with van der Waals surface area (Å²) in [5.74, 6) is 1.38. The molecule has 0 radical (unpaired) electrons. The van der Waals surface area contributed by atoms with Gasteiger partial charge in [-0.15, -0.1) is 0 Å². The van der Waals surface area contributed by atoms with Crippen LogP contribution < -0.4 is 10.6 Å². The molecule has 2 N–H and O–H groups in total. The Morgan fingerprint density at radius 3 is 2.83 bits per heavy atom. The molecule has 1 fully saturated rings. The van der Waals surface area contributed by atoms with Crippen LogP contribution in [-0.2, 0) is 18.2 Å². The predicted octanol–water partition coefficient (Wildman–Crippen LogP) is 1.97. The van der Waals surface area contributed by atoms with E-state index in [1.807, 2.05) is 31.2 Å². The molecule has 0 amide bonds. The number of aryl methyl sites for hydroxylation is 1. The molecule has 136 valence electrons. The van der Waals surface area contributed by atoms with E-state index in [1.165, 1.54) is 12.0 Å². The molecule has 2 atom stereocenters. The van der Waals surface area contributed by atoms with E-state index in [4.69, 9.17) is 4.74 Å². The van der Waals surface area contributed by atoms with Gasteiger partial charge in [-0.3, -0.25) is 9.67 Å². The van der Waals surface area contributed by atoms with Gasteiger partial charge in [0, 0.05) is 45.9 Å². The second-order valence-corrected chi connectivity index (χ2v) is 7.71. The van der Waals surface area contributed by atoms with Gasteiger partial charge in [0.2, 0.25) is 0 Å². The maximum absolute atomic E-state index is 6.05. The van der Waals surface area contributed by atoms with Crippen LogP contribution in [0.15, 0.2) is 17.4 Å². The summed E-state index contributed by atoms with van der Waals surface area (Å²) >= 11 is 0. The molecule has 0 saturated carbocycles. The molecule has 2 unspecified atom stereocenters. The Hall–Kier alpha value is -1.56. The van der Waals surface area contributed by atoms with Crippen LogP contribution in [0.1, 0.15) is 39.2 Å². The second kappa shape index (κ2) is 8.51. The minimum Gasteiger partial charge on any atom is -0.377 e. The summed E-state index contributed by atoms with van der Waals surface area (Å²) < 4.78 is 7.88. The predicted molar refractivity (Wildman–Crippen MR) is 98.2 cm³/mol. The van der Waals surface area contributed by atoms with E-state index in [1.54, 1.807) is 0 Å². The third-order valence-corrected chi connectivity index (χ3v) is 4.52. The first kappa shape index (κ1) is 18.8. The monoisotopic (exact) mass is 335 g/mol. The Bertz CT molecular complexity index is 532. The summed E-state index contributed by atoms with van der Waals surface area (Å²) in [5.41, 5.74) is 1.40. The number of guanidine groups is 1. The summed E-state index contributed by atoms with van der Waals surface area (Å²) in [6.07, 6.45) is 7.54. The number of ether oxygens (including phenoxy) is 1. The summed E-state index contributed by atoms with van der Waals surface area (Å²) in [6, 6.07) is 0. The normalized spacial score (nSPS) is 22.5. The fraction of sp³-hybridized carbons (Fsp3) is 0.778. The van der Waals surface area contributed by atoms with E-state index in [-0.39, 0.29) is 5.41 Å². The first-order valence-corrected chi connectivity index (χ1v) is 8.94. The number of nitrogens with one attached hydrogen (secondary N) is 2. The van der Waals surface area contributed by atoms with Crippen molar-refractivity contribution in [2.45, 2.75) is 46.1 Å². The fourth-order valence-electron chi connectivity index (χ4n) is 3.38. The highest BCUT2D eigenvalue weighted by atomic mass is 16.5. The zero-order valence-electron chi connectivity index (χ0n) is 15.8. The van der Waals surface area contributed by atoms with Crippen LogP contribution in [0.3, 0.4) is 0 Å². The molecular weight excluding hydrogens is 302 g/mol. The smallest absolute Gasteiger partial charge is 0.190 e. The van der Waals surface area contributed by atoms with E-state index in [0.717, 1.165) is 38.5 Å². The molecule has 0 aliphatic carbocycles.